The summed E-state index contributed by atoms with van der Waals surface area (Å²) in [7, 11) is -3.44. The molecule has 3 N–H and O–H groups in total. The third kappa shape index (κ3) is 3.77. The van der Waals surface area contributed by atoms with Crippen LogP contribution in [0.1, 0.15) is 28.9 Å². The number of benzene rings is 1. The number of anilines is 3. The molecule has 8 heteroatoms. The fourth-order valence-electron chi connectivity index (χ4n) is 3.44. The van der Waals surface area contributed by atoms with Crippen LogP contribution in [-0.4, -0.2) is 30.4 Å². The molecule has 28 heavy (non-hydrogen) atoms. The van der Waals surface area contributed by atoms with Crippen molar-refractivity contribution in [3.05, 3.63) is 59.9 Å². The van der Waals surface area contributed by atoms with Crippen molar-refractivity contribution in [2.45, 2.75) is 19.3 Å². The monoisotopic (exact) mass is 396 g/mol. The van der Waals surface area contributed by atoms with Gasteiger partial charge in [0.1, 0.15) is 5.82 Å². The fourth-order valence-corrected chi connectivity index (χ4v) is 3.93. The second kappa shape index (κ2) is 7.12. The average molecular weight is 396 g/mol. The van der Waals surface area contributed by atoms with E-state index < -0.39 is 10.0 Å². The van der Waals surface area contributed by atoms with E-state index in [1.807, 2.05) is 30.3 Å². The van der Waals surface area contributed by atoms with Gasteiger partial charge in [0.2, 0.25) is 10.0 Å². The van der Waals surface area contributed by atoms with Crippen LogP contribution in [0.25, 0.3) is 11.3 Å². The van der Waals surface area contributed by atoms with Crippen molar-refractivity contribution in [2.75, 3.05) is 16.3 Å². The summed E-state index contributed by atoms with van der Waals surface area (Å²) in [5.74, 6) is 0.329. The number of ketones is 1. The number of pyridine rings is 1. The zero-order valence-corrected chi connectivity index (χ0v) is 16.1. The maximum Gasteiger partial charge on any atom is 0.230 e. The number of carbonyl (C=O) groups excluding carboxylic acids is 1. The third-order valence-electron chi connectivity index (χ3n) is 4.57. The van der Waals surface area contributed by atoms with Gasteiger partial charge in [0.15, 0.2) is 5.78 Å². The quantitative estimate of drug-likeness (QED) is 0.610. The normalized spacial score (nSPS) is 13.8. The van der Waals surface area contributed by atoms with Gasteiger partial charge in [-0.05, 0) is 37.1 Å². The first kappa shape index (κ1) is 18.2. The summed E-state index contributed by atoms with van der Waals surface area (Å²) in [6.07, 6.45) is 4.75. The van der Waals surface area contributed by atoms with Gasteiger partial charge >= 0.3 is 0 Å². The van der Waals surface area contributed by atoms with Gasteiger partial charge in [0.25, 0.3) is 0 Å². The Morgan fingerprint density at radius 3 is 2.64 bits per heavy atom. The Balaban J connectivity index is 1.83. The molecule has 0 aliphatic heterocycles. The minimum atomic E-state index is -3.44. The molecule has 0 saturated carbocycles. The molecular formula is C20H20N4O3S. The summed E-state index contributed by atoms with van der Waals surface area (Å²) in [4.78, 5) is 20.1. The number of aromatic amines is 1. The fraction of sp³-hybridized carbons (Fsp3) is 0.200. The molecule has 3 aromatic rings. The molecule has 144 valence electrons. The van der Waals surface area contributed by atoms with Crippen LogP contribution in [0.2, 0.25) is 0 Å². The molecule has 0 unspecified atom stereocenters. The highest BCUT2D eigenvalue weighted by Gasteiger charge is 2.27. The number of fused-ring (bicyclic) bond motifs is 1. The van der Waals surface area contributed by atoms with E-state index in [0.717, 1.165) is 41.7 Å². The first-order valence-corrected chi connectivity index (χ1v) is 10.8. The van der Waals surface area contributed by atoms with E-state index in [9.17, 15) is 13.2 Å². The molecule has 0 bridgehead atoms. The lowest BCUT2D eigenvalue weighted by Gasteiger charge is -2.14. The number of aromatic nitrogens is 2. The number of sulfonamides is 1. The van der Waals surface area contributed by atoms with Crippen LogP contribution in [0.4, 0.5) is 17.2 Å². The summed E-state index contributed by atoms with van der Waals surface area (Å²) in [5.41, 5.74) is 4.64. The first-order chi connectivity index (χ1) is 13.4. The summed E-state index contributed by atoms with van der Waals surface area (Å²) in [6, 6.07) is 13.1. The van der Waals surface area contributed by atoms with Crippen molar-refractivity contribution in [2.24, 2.45) is 0 Å². The number of Topliss-reactive ketones (excluding diaryl/α,β-unsaturated/α-hetero) is 1. The maximum atomic E-state index is 12.6. The number of hydrogen-bond acceptors (Lipinski definition) is 5. The summed E-state index contributed by atoms with van der Waals surface area (Å²) in [6.45, 7) is 0. The molecule has 0 fully saturated rings. The molecule has 2 aromatic heterocycles. The number of hydrogen-bond donors (Lipinski definition) is 3. The Labute approximate surface area is 163 Å². The highest BCUT2D eigenvalue weighted by molar-refractivity contribution is 7.92. The van der Waals surface area contributed by atoms with Gasteiger partial charge < -0.3 is 10.3 Å². The molecule has 1 aromatic carbocycles. The number of nitrogens with zero attached hydrogens (tertiary/aromatic N) is 1. The number of aryl methyl sites for hydroxylation is 1. The zero-order chi connectivity index (χ0) is 19.7. The Kier molecular flexibility index (Phi) is 4.64. The van der Waals surface area contributed by atoms with Crippen LogP contribution in [0.15, 0.2) is 48.7 Å². The number of nitrogens with one attached hydrogen (secondary N) is 3. The van der Waals surface area contributed by atoms with Gasteiger partial charge in [-0.3, -0.25) is 9.52 Å². The molecule has 0 saturated heterocycles. The number of carbonyl (C=O) groups is 1. The van der Waals surface area contributed by atoms with Crippen molar-refractivity contribution in [3.8, 4) is 11.3 Å². The molecule has 7 nitrogen and oxygen atoms in total. The van der Waals surface area contributed by atoms with Gasteiger partial charge in [-0.15, -0.1) is 0 Å². The van der Waals surface area contributed by atoms with Gasteiger partial charge in [-0.2, -0.15) is 0 Å². The lowest BCUT2D eigenvalue weighted by molar-refractivity contribution is 0.0973. The van der Waals surface area contributed by atoms with Crippen molar-refractivity contribution in [3.63, 3.8) is 0 Å². The lowest BCUT2D eigenvalue weighted by atomic mass is 9.95. The lowest BCUT2D eigenvalue weighted by Crippen LogP contribution is -2.11. The second-order valence-corrected chi connectivity index (χ2v) is 8.55. The van der Waals surface area contributed by atoms with E-state index in [2.05, 4.69) is 20.0 Å². The Bertz CT molecular complexity index is 1140. The third-order valence-corrected chi connectivity index (χ3v) is 5.15. The number of H-pyrrole nitrogens is 1. The second-order valence-electron chi connectivity index (χ2n) is 6.80. The van der Waals surface area contributed by atoms with E-state index in [-0.39, 0.29) is 11.6 Å². The van der Waals surface area contributed by atoms with Crippen LogP contribution in [0.5, 0.6) is 0 Å². The molecule has 0 amide bonds. The average Bonchev–Trinajstić information content (AvgIpc) is 3.01. The van der Waals surface area contributed by atoms with E-state index in [4.69, 9.17) is 0 Å². The Morgan fingerprint density at radius 2 is 1.89 bits per heavy atom. The smallest absolute Gasteiger partial charge is 0.230 e. The minimum Gasteiger partial charge on any atom is -0.356 e. The molecular weight excluding hydrogens is 376 g/mol. The SMILES string of the molecule is CS(=O)(=O)Nc1cc(-c2[nH]c3c(c2Nc2ccccc2)C(=O)CCC3)ccn1. The van der Waals surface area contributed by atoms with E-state index in [1.165, 1.54) is 6.20 Å². The van der Waals surface area contributed by atoms with Crippen molar-refractivity contribution < 1.29 is 13.2 Å². The summed E-state index contributed by atoms with van der Waals surface area (Å²) < 4.78 is 25.5. The molecule has 0 spiro atoms. The predicted molar refractivity (Wildman–Crippen MR) is 109 cm³/mol. The van der Waals surface area contributed by atoms with Crippen LogP contribution in [0.3, 0.4) is 0 Å². The van der Waals surface area contributed by atoms with Gasteiger partial charge in [0.05, 0.1) is 23.2 Å². The van der Waals surface area contributed by atoms with Gasteiger partial charge in [0, 0.05) is 29.6 Å². The molecule has 0 atom stereocenters. The van der Waals surface area contributed by atoms with Gasteiger partial charge in [-0.1, -0.05) is 18.2 Å². The van der Waals surface area contributed by atoms with Crippen LogP contribution >= 0.6 is 0 Å². The zero-order valence-electron chi connectivity index (χ0n) is 15.3. The van der Waals surface area contributed by atoms with E-state index in [0.29, 0.717) is 17.7 Å². The van der Waals surface area contributed by atoms with Crippen LogP contribution in [-0.2, 0) is 16.4 Å². The highest BCUT2D eigenvalue weighted by Crippen LogP contribution is 2.39. The van der Waals surface area contributed by atoms with E-state index >= 15 is 0 Å². The molecule has 1 aliphatic rings. The maximum absolute atomic E-state index is 12.6. The Hall–Kier alpha value is -3.13. The summed E-state index contributed by atoms with van der Waals surface area (Å²) in [5, 5.41) is 3.37. The topological polar surface area (TPSA) is 104 Å². The number of rotatable bonds is 5. The van der Waals surface area contributed by atoms with Crippen LogP contribution < -0.4 is 10.0 Å². The van der Waals surface area contributed by atoms with Crippen molar-refractivity contribution >= 4 is 33.0 Å². The molecule has 4 rings (SSSR count). The predicted octanol–water partition coefficient (Wildman–Crippen LogP) is 3.71. The van der Waals surface area contributed by atoms with E-state index in [1.54, 1.807) is 12.1 Å². The first-order valence-electron chi connectivity index (χ1n) is 8.95. The molecule has 2 heterocycles. The highest BCUT2D eigenvalue weighted by atomic mass is 32.2. The Morgan fingerprint density at radius 1 is 1.11 bits per heavy atom. The largest absolute Gasteiger partial charge is 0.356 e. The molecule has 0 radical (unpaired) electrons. The minimum absolute atomic E-state index is 0.103. The van der Waals surface area contributed by atoms with Crippen molar-refractivity contribution in [1.82, 2.24) is 9.97 Å². The van der Waals surface area contributed by atoms with Gasteiger partial charge in [-0.25, -0.2) is 13.4 Å². The van der Waals surface area contributed by atoms with Crippen molar-refractivity contribution in [1.29, 1.82) is 0 Å². The van der Waals surface area contributed by atoms with Crippen LogP contribution in [0, 0.1) is 0 Å². The summed E-state index contributed by atoms with van der Waals surface area (Å²) >= 11 is 0. The molecule has 1 aliphatic carbocycles. The standard InChI is InChI=1S/C20H20N4O3S/c1-28(26,27)24-17-12-13(10-11-21-17)19-20(22-14-6-3-2-4-7-14)18-15(23-19)8-5-9-16(18)25/h2-4,6-7,10-12,22-23H,5,8-9H2,1H3,(H,21,24). The number of para-hydroxylation sites is 1.